The van der Waals surface area contributed by atoms with E-state index in [0.29, 0.717) is 29.3 Å². The van der Waals surface area contributed by atoms with Crippen LogP contribution in [-0.4, -0.2) is 93.7 Å². The van der Waals surface area contributed by atoms with E-state index in [1.54, 1.807) is 36.6 Å². The lowest BCUT2D eigenvalue weighted by Crippen LogP contribution is -2.49. The summed E-state index contributed by atoms with van der Waals surface area (Å²) in [6, 6.07) is 12.5. The minimum atomic E-state index is -0.192. The Kier molecular flexibility index (Phi) is 12.4. The van der Waals surface area contributed by atoms with Gasteiger partial charge in [-0.1, -0.05) is 17.7 Å². The van der Waals surface area contributed by atoms with E-state index in [0.717, 1.165) is 80.5 Å². The van der Waals surface area contributed by atoms with Gasteiger partial charge in [0.15, 0.2) is 0 Å². The summed E-state index contributed by atoms with van der Waals surface area (Å²) in [5.74, 6) is 1.79. The lowest BCUT2D eigenvalue weighted by atomic mass is 10.0. The highest BCUT2D eigenvalue weighted by Gasteiger charge is 2.26. The van der Waals surface area contributed by atoms with Crippen LogP contribution in [0.15, 0.2) is 55.1 Å². The predicted molar refractivity (Wildman–Crippen MR) is 179 cm³/mol. The number of nitrogens with one attached hydrogen (secondary N) is 1. The van der Waals surface area contributed by atoms with Crippen LogP contribution in [0.2, 0.25) is 5.02 Å². The van der Waals surface area contributed by atoms with Crippen molar-refractivity contribution in [2.24, 2.45) is 0 Å². The highest BCUT2D eigenvalue weighted by molar-refractivity contribution is 6.32. The summed E-state index contributed by atoms with van der Waals surface area (Å²) >= 11 is 6.42. The highest BCUT2D eigenvalue weighted by Crippen LogP contribution is 2.34. The van der Waals surface area contributed by atoms with Crippen molar-refractivity contribution in [1.82, 2.24) is 35.1 Å². The van der Waals surface area contributed by atoms with Crippen LogP contribution in [0.4, 0.5) is 17.3 Å². The van der Waals surface area contributed by atoms with Crippen molar-refractivity contribution >= 4 is 53.7 Å². The van der Waals surface area contributed by atoms with Gasteiger partial charge in [0.1, 0.15) is 23.9 Å². The number of rotatable bonds is 10. The van der Waals surface area contributed by atoms with E-state index in [4.69, 9.17) is 25.8 Å². The molecule has 1 atom stereocenters. The number of hydrogen-bond acceptors (Lipinski definition) is 11. The molecule has 2 aliphatic rings. The SMILES string of the molecule is COc1cc(N2CCC(N3CCOCC3)CC2)ccc1Nc1ncc(-c2ccc(Cl)c(OC(C)Cn3cnnn3)c2)cn1.Cl.Cl. The molecule has 0 saturated carbocycles. The Balaban J connectivity index is 0.00000230. The molecule has 2 aromatic heterocycles. The van der Waals surface area contributed by atoms with Crippen LogP contribution in [-0.2, 0) is 11.3 Å². The maximum Gasteiger partial charge on any atom is 0.227 e. The zero-order chi connectivity index (χ0) is 29.6. The smallest absolute Gasteiger partial charge is 0.227 e. The van der Waals surface area contributed by atoms with Crippen LogP contribution in [0.1, 0.15) is 19.8 Å². The Labute approximate surface area is 280 Å². The number of tetrazole rings is 1. The van der Waals surface area contributed by atoms with Gasteiger partial charge in [-0.2, -0.15) is 0 Å². The Morgan fingerprint density at radius 2 is 1.73 bits per heavy atom. The Bertz CT molecular complexity index is 1480. The quantitative estimate of drug-likeness (QED) is 0.240. The number of piperidine rings is 1. The highest BCUT2D eigenvalue weighted by atomic mass is 35.5. The minimum absolute atomic E-state index is 0. The maximum absolute atomic E-state index is 6.42. The van der Waals surface area contributed by atoms with Gasteiger partial charge in [-0.05, 0) is 60.0 Å². The summed E-state index contributed by atoms with van der Waals surface area (Å²) in [5.41, 5.74) is 3.69. The first-order valence-electron chi connectivity index (χ1n) is 14.6. The van der Waals surface area contributed by atoms with E-state index in [1.165, 1.54) is 0 Å². The molecule has 0 amide bonds. The molecule has 0 bridgehead atoms. The predicted octanol–water partition coefficient (Wildman–Crippen LogP) is 5.15. The number of morpholine rings is 1. The van der Waals surface area contributed by atoms with E-state index >= 15 is 0 Å². The Morgan fingerprint density at radius 1 is 0.978 bits per heavy atom. The Morgan fingerprint density at radius 3 is 2.42 bits per heavy atom. The molecule has 2 saturated heterocycles. The monoisotopic (exact) mass is 677 g/mol. The fraction of sp³-hybridized carbons (Fsp3) is 0.433. The number of anilines is 3. The molecule has 242 valence electrons. The number of halogens is 3. The largest absolute Gasteiger partial charge is 0.494 e. The summed E-state index contributed by atoms with van der Waals surface area (Å²) in [6.07, 6.45) is 7.21. The van der Waals surface area contributed by atoms with Crippen molar-refractivity contribution in [3.63, 3.8) is 0 Å². The molecule has 0 aliphatic carbocycles. The molecule has 2 aromatic carbocycles. The van der Waals surface area contributed by atoms with Crippen molar-refractivity contribution in [1.29, 1.82) is 0 Å². The van der Waals surface area contributed by atoms with Crippen LogP contribution in [0, 0.1) is 0 Å². The van der Waals surface area contributed by atoms with E-state index < -0.39 is 0 Å². The lowest BCUT2D eigenvalue weighted by molar-refractivity contribution is 0.0115. The zero-order valence-electron chi connectivity index (χ0n) is 25.2. The number of ether oxygens (including phenoxy) is 3. The molecular formula is C30H38Cl3N9O3. The van der Waals surface area contributed by atoms with Crippen molar-refractivity contribution in [3.8, 4) is 22.6 Å². The summed E-state index contributed by atoms with van der Waals surface area (Å²) in [4.78, 5) is 14.1. The van der Waals surface area contributed by atoms with Gasteiger partial charge < -0.3 is 24.4 Å². The summed E-state index contributed by atoms with van der Waals surface area (Å²) < 4.78 is 18.9. The van der Waals surface area contributed by atoms with Crippen LogP contribution in [0.5, 0.6) is 11.5 Å². The summed E-state index contributed by atoms with van der Waals surface area (Å²) in [5, 5.41) is 15.0. The average molecular weight is 679 g/mol. The zero-order valence-corrected chi connectivity index (χ0v) is 27.6. The van der Waals surface area contributed by atoms with Gasteiger partial charge in [-0.15, -0.1) is 29.9 Å². The molecule has 4 aromatic rings. The van der Waals surface area contributed by atoms with Gasteiger partial charge in [0.2, 0.25) is 5.95 Å². The van der Waals surface area contributed by atoms with E-state index in [2.05, 4.69) is 52.7 Å². The fourth-order valence-electron chi connectivity index (χ4n) is 5.63. The number of hydrogen-bond donors (Lipinski definition) is 1. The van der Waals surface area contributed by atoms with Gasteiger partial charge >= 0.3 is 0 Å². The third-order valence-corrected chi connectivity index (χ3v) is 8.22. The number of aromatic nitrogens is 6. The van der Waals surface area contributed by atoms with E-state index in [1.807, 2.05) is 25.1 Å². The maximum atomic E-state index is 6.42. The van der Waals surface area contributed by atoms with E-state index in [-0.39, 0.29) is 30.9 Å². The van der Waals surface area contributed by atoms with Crippen LogP contribution >= 0.6 is 36.4 Å². The third-order valence-electron chi connectivity index (χ3n) is 7.90. The summed E-state index contributed by atoms with van der Waals surface area (Å²) in [7, 11) is 1.68. The molecule has 15 heteroatoms. The first-order valence-corrected chi connectivity index (χ1v) is 14.9. The van der Waals surface area contributed by atoms with E-state index in [9.17, 15) is 0 Å². The lowest BCUT2D eigenvalue weighted by Gasteiger charge is -2.40. The molecule has 1 N–H and O–H groups in total. The molecule has 12 nitrogen and oxygen atoms in total. The number of benzene rings is 2. The topological polar surface area (TPSA) is 116 Å². The standard InChI is InChI=1S/C30H36ClN9O3.2ClH/c1-21(19-40-20-34-36-37-40)43-28-15-22(3-5-26(28)31)23-17-32-30(33-18-23)35-27-6-4-25(16-29(27)41-2)38-9-7-24(8-10-38)39-11-13-42-14-12-39;;/h3-6,15-18,20-21,24H,7-14,19H2,1-2H3,(H,32,33,35);2*1H. The van der Waals surface area contributed by atoms with Gasteiger partial charge in [-0.25, -0.2) is 14.6 Å². The molecule has 4 heterocycles. The molecule has 0 radical (unpaired) electrons. The molecule has 2 fully saturated rings. The molecule has 6 rings (SSSR count). The normalized spacial score (nSPS) is 16.3. The number of methoxy groups -OCH3 is 1. The number of nitrogens with zero attached hydrogens (tertiary/aromatic N) is 8. The average Bonchev–Trinajstić information content (AvgIpc) is 3.56. The summed E-state index contributed by atoms with van der Waals surface area (Å²) in [6.45, 7) is 8.26. The second-order valence-corrected chi connectivity index (χ2v) is 11.2. The van der Waals surface area contributed by atoms with Crippen molar-refractivity contribution < 1.29 is 14.2 Å². The van der Waals surface area contributed by atoms with Crippen molar-refractivity contribution in [3.05, 3.63) is 60.1 Å². The second kappa shape index (κ2) is 16.2. The van der Waals surface area contributed by atoms with Crippen LogP contribution in [0.3, 0.4) is 0 Å². The van der Waals surface area contributed by atoms with Gasteiger partial charge in [0.05, 0.1) is 37.6 Å². The molecular weight excluding hydrogens is 641 g/mol. The van der Waals surface area contributed by atoms with Gasteiger partial charge in [0.25, 0.3) is 0 Å². The molecule has 2 aliphatic heterocycles. The van der Waals surface area contributed by atoms with Crippen molar-refractivity contribution in [2.45, 2.75) is 38.5 Å². The van der Waals surface area contributed by atoms with Crippen LogP contribution < -0.4 is 19.7 Å². The second-order valence-electron chi connectivity index (χ2n) is 10.8. The minimum Gasteiger partial charge on any atom is -0.494 e. The molecule has 0 spiro atoms. The molecule has 45 heavy (non-hydrogen) atoms. The van der Waals surface area contributed by atoms with Crippen LogP contribution in [0.25, 0.3) is 11.1 Å². The fourth-order valence-corrected chi connectivity index (χ4v) is 5.79. The van der Waals surface area contributed by atoms with Gasteiger partial charge in [0, 0.05) is 61.9 Å². The molecule has 1 unspecified atom stereocenters. The van der Waals surface area contributed by atoms with Crippen molar-refractivity contribution in [2.75, 3.05) is 56.7 Å². The van der Waals surface area contributed by atoms with Gasteiger partial charge in [-0.3, -0.25) is 4.90 Å². The first kappa shape index (κ1) is 34.5. The Hall–Kier alpha value is -3.42. The first-order chi connectivity index (χ1) is 21.1. The third kappa shape index (κ3) is 8.65.